The second-order valence-corrected chi connectivity index (χ2v) is 8.92. The highest BCUT2D eigenvalue weighted by atomic mass is 32.2. The molecular formula is C20H18F3N5O2S. The van der Waals surface area contributed by atoms with Gasteiger partial charge in [-0.3, -0.25) is 0 Å². The van der Waals surface area contributed by atoms with Crippen LogP contribution >= 0.6 is 0 Å². The summed E-state index contributed by atoms with van der Waals surface area (Å²) in [6.07, 6.45) is -0.439. The predicted octanol–water partition coefficient (Wildman–Crippen LogP) is 4.05. The van der Waals surface area contributed by atoms with Crippen molar-refractivity contribution >= 4 is 21.7 Å². The van der Waals surface area contributed by atoms with E-state index >= 15 is 0 Å². The fourth-order valence-corrected chi connectivity index (χ4v) is 4.15. The number of nitrogens with zero attached hydrogens (tertiary/aromatic N) is 3. The number of pyridine rings is 1. The fourth-order valence-electron chi connectivity index (χ4n) is 2.92. The first-order chi connectivity index (χ1) is 14.6. The van der Waals surface area contributed by atoms with E-state index < -0.39 is 21.9 Å². The van der Waals surface area contributed by atoms with Gasteiger partial charge in [0.1, 0.15) is 5.69 Å². The number of sulfonamides is 1. The van der Waals surface area contributed by atoms with Crippen molar-refractivity contribution in [3.8, 4) is 11.1 Å². The molecule has 1 saturated carbocycles. The van der Waals surface area contributed by atoms with Crippen molar-refractivity contribution in [2.24, 2.45) is 0 Å². The van der Waals surface area contributed by atoms with Crippen LogP contribution in [0.4, 0.5) is 24.8 Å². The number of aryl methyl sites for hydroxylation is 1. The van der Waals surface area contributed by atoms with E-state index in [1.807, 2.05) is 13.0 Å². The molecule has 1 aromatic carbocycles. The van der Waals surface area contributed by atoms with E-state index in [2.05, 4.69) is 25.0 Å². The van der Waals surface area contributed by atoms with Crippen molar-refractivity contribution in [3.05, 3.63) is 60.0 Å². The van der Waals surface area contributed by atoms with E-state index in [9.17, 15) is 21.6 Å². The molecule has 1 aliphatic rings. The highest BCUT2D eigenvalue weighted by Gasteiger charge is 2.33. The largest absolute Gasteiger partial charge is 0.433 e. The molecule has 0 spiro atoms. The molecule has 162 valence electrons. The Morgan fingerprint density at radius 3 is 2.45 bits per heavy atom. The third kappa shape index (κ3) is 5.17. The van der Waals surface area contributed by atoms with Crippen molar-refractivity contribution in [2.45, 2.75) is 37.0 Å². The van der Waals surface area contributed by atoms with Crippen LogP contribution in [0, 0.1) is 6.92 Å². The van der Waals surface area contributed by atoms with Gasteiger partial charge in [-0.05, 0) is 61.2 Å². The van der Waals surface area contributed by atoms with Gasteiger partial charge in [0, 0.05) is 29.7 Å². The minimum Gasteiger partial charge on any atom is -0.324 e. The monoisotopic (exact) mass is 449 g/mol. The maximum absolute atomic E-state index is 12.9. The topological polar surface area (TPSA) is 96.9 Å². The minimum atomic E-state index is -4.57. The second-order valence-electron chi connectivity index (χ2n) is 7.26. The molecule has 4 rings (SSSR count). The average Bonchev–Trinajstić information content (AvgIpc) is 3.50. The van der Waals surface area contributed by atoms with Crippen LogP contribution in [0.3, 0.4) is 0 Å². The van der Waals surface area contributed by atoms with Gasteiger partial charge in [-0.1, -0.05) is 6.07 Å². The molecule has 0 radical (unpaired) electrons. The molecule has 1 aliphatic carbocycles. The summed E-state index contributed by atoms with van der Waals surface area (Å²) in [7, 11) is -3.65. The molecule has 2 heterocycles. The molecule has 31 heavy (non-hydrogen) atoms. The number of halogens is 3. The summed E-state index contributed by atoms with van der Waals surface area (Å²) < 4.78 is 65.7. The summed E-state index contributed by atoms with van der Waals surface area (Å²) >= 11 is 0. The summed E-state index contributed by atoms with van der Waals surface area (Å²) in [6.45, 7) is 1.83. The van der Waals surface area contributed by atoms with Crippen LogP contribution < -0.4 is 10.0 Å². The lowest BCUT2D eigenvalue weighted by Gasteiger charge is -2.11. The normalized spacial score (nSPS) is 14.5. The molecule has 0 bridgehead atoms. The molecule has 3 aromatic rings. The van der Waals surface area contributed by atoms with Gasteiger partial charge in [0.05, 0.1) is 0 Å². The molecular weight excluding hydrogens is 431 g/mol. The molecule has 0 atom stereocenters. The van der Waals surface area contributed by atoms with Crippen molar-refractivity contribution in [1.29, 1.82) is 0 Å². The van der Waals surface area contributed by atoms with Crippen LogP contribution in [0.5, 0.6) is 0 Å². The molecule has 1 fully saturated rings. The summed E-state index contributed by atoms with van der Waals surface area (Å²) in [6, 6.07) is 9.12. The number of hydrogen-bond acceptors (Lipinski definition) is 6. The maximum atomic E-state index is 12.9. The quantitative estimate of drug-likeness (QED) is 0.589. The zero-order valence-electron chi connectivity index (χ0n) is 16.3. The number of nitrogens with one attached hydrogen (secondary N) is 2. The molecule has 11 heteroatoms. The zero-order valence-corrected chi connectivity index (χ0v) is 17.1. The van der Waals surface area contributed by atoms with Gasteiger partial charge < -0.3 is 5.32 Å². The summed E-state index contributed by atoms with van der Waals surface area (Å²) in [4.78, 5) is 11.4. The summed E-state index contributed by atoms with van der Waals surface area (Å²) in [5, 5.41) is 2.72. The summed E-state index contributed by atoms with van der Waals surface area (Å²) in [5.74, 6) is -0.183. The smallest absolute Gasteiger partial charge is 0.324 e. The molecule has 0 amide bonds. The number of anilines is 2. The van der Waals surface area contributed by atoms with E-state index in [0.29, 0.717) is 16.8 Å². The summed E-state index contributed by atoms with van der Waals surface area (Å²) in [5.41, 5.74) is 1.64. The Balaban J connectivity index is 1.58. The Hall–Kier alpha value is -3.05. The number of alkyl halides is 3. The highest BCUT2D eigenvalue weighted by molar-refractivity contribution is 7.89. The van der Waals surface area contributed by atoms with Gasteiger partial charge in [-0.25, -0.2) is 28.1 Å². The second kappa shape index (κ2) is 7.89. The molecule has 2 aromatic heterocycles. The third-order valence-electron chi connectivity index (χ3n) is 4.52. The molecule has 2 N–H and O–H groups in total. The van der Waals surface area contributed by atoms with E-state index in [-0.39, 0.29) is 17.0 Å². The van der Waals surface area contributed by atoms with Crippen LogP contribution in [-0.2, 0) is 16.2 Å². The van der Waals surface area contributed by atoms with Crippen LogP contribution in [0.2, 0.25) is 0 Å². The first-order valence-electron chi connectivity index (χ1n) is 9.38. The van der Waals surface area contributed by atoms with Crippen molar-refractivity contribution in [2.75, 3.05) is 5.32 Å². The zero-order chi connectivity index (χ0) is 22.2. The van der Waals surface area contributed by atoms with Gasteiger partial charge in [0.15, 0.2) is 5.03 Å². The molecule has 0 unspecified atom stereocenters. The molecule has 7 nitrogen and oxygen atoms in total. The Kier molecular flexibility index (Phi) is 5.40. The number of hydrogen-bond donors (Lipinski definition) is 2. The van der Waals surface area contributed by atoms with E-state index in [0.717, 1.165) is 30.7 Å². The lowest BCUT2D eigenvalue weighted by molar-refractivity contribution is -0.141. The first kappa shape index (κ1) is 21.2. The first-order valence-corrected chi connectivity index (χ1v) is 10.9. The number of rotatable bonds is 6. The Bertz CT molecular complexity index is 1210. The fraction of sp³-hybridized carbons (Fsp3) is 0.250. The van der Waals surface area contributed by atoms with Gasteiger partial charge in [0.25, 0.3) is 10.0 Å². The van der Waals surface area contributed by atoms with Gasteiger partial charge in [-0.2, -0.15) is 13.2 Å². The van der Waals surface area contributed by atoms with E-state index in [1.54, 1.807) is 18.2 Å². The number of benzene rings is 1. The average molecular weight is 449 g/mol. The van der Waals surface area contributed by atoms with Crippen molar-refractivity contribution < 1.29 is 21.6 Å². The molecule has 0 saturated heterocycles. The van der Waals surface area contributed by atoms with Crippen molar-refractivity contribution in [1.82, 2.24) is 19.7 Å². The van der Waals surface area contributed by atoms with E-state index in [4.69, 9.17) is 0 Å². The van der Waals surface area contributed by atoms with Crippen LogP contribution in [0.25, 0.3) is 11.1 Å². The lowest BCUT2D eigenvalue weighted by Crippen LogP contribution is -2.26. The minimum absolute atomic E-state index is 0.0186. The van der Waals surface area contributed by atoms with Crippen LogP contribution in [0.15, 0.2) is 53.8 Å². The Morgan fingerprint density at radius 1 is 1.03 bits per heavy atom. The van der Waals surface area contributed by atoms with Crippen LogP contribution in [-0.4, -0.2) is 29.4 Å². The standard InChI is InChI=1S/C20H18F3N5O2S/c1-12-8-14(13-2-5-18(25-11-13)31(29,30)28-15-3-4-15)10-16(9-12)26-19-24-7-6-17(27-19)20(21,22)23/h2,5-11,15,28H,3-4H2,1H3,(H,24,26,27). The van der Waals surface area contributed by atoms with E-state index in [1.165, 1.54) is 12.3 Å². The molecule has 0 aliphatic heterocycles. The Morgan fingerprint density at radius 2 is 1.81 bits per heavy atom. The van der Waals surface area contributed by atoms with Gasteiger partial charge in [-0.15, -0.1) is 0 Å². The predicted molar refractivity (Wildman–Crippen MR) is 108 cm³/mol. The highest BCUT2D eigenvalue weighted by Crippen LogP contribution is 2.29. The Labute approximate surface area is 176 Å². The van der Waals surface area contributed by atoms with Crippen molar-refractivity contribution in [3.63, 3.8) is 0 Å². The number of aromatic nitrogens is 3. The van der Waals surface area contributed by atoms with Gasteiger partial charge >= 0.3 is 6.18 Å². The third-order valence-corrected chi connectivity index (χ3v) is 5.96. The lowest BCUT2D eigenvalue weighted by atomic mass is 10.0. The SMILES string of the molecule is Cc1cc(Nc2nccc(C(F)(F)F)n2)cc(-c2ccc(S(=O)(=O)NC3CC3)nc2)c1. The maximum Gasteiger partial charge on any atom is 0.433 e. The van der Waals surface area contributed by atoms with Gasteiger partial charge in [0.2, 0.25) is 5.95 Å². The van der Waals surface area contributed by atoms with Crippen LogP contribution in [0.1, 0.15) is 24.1 Å².